The second-order valence-electron chi connectivity index (χ2n) is 7.79. The van der Waals surface area contributed by atoms with Gasteiger partial charge >= 0.3 is 5.97 Å². The zero-order valence-electron chi connectivity index (χ0n) is 19.4. The lowest BCUT2D eigenvalue weighted by atomic mass is 10.2. The lowest BCUT2D eigenvalue weighted by molar-refractivity contribution is -0.121. The Hall–Kier alpha value is -4.16. The topological polar surface area (TPSA) is 117 Å². The smallest absolute Gasteiger partial charge is 0.340 e. The van der Waals surface area contributed by atoms with Crippen LogP contribution < -0.4 is 9.62 Å². The number of anilines is 2. The highest BCUT2D eigenvalue weighted by atomic mass is 32.2. The van der Waals surface area contributed by atoms with Crippen LogP contribution in [0, 0.1) is 25.2 Å². The largest absolute Gasteiger partial charge is 0.452 e. The third-order valence-electron chi connectivity index (χ3n) is 5.17. The van der Waals surface area contributed by atoms with Crippen LogP contribution in [0.15, 0.2) is 77.7 Å². The first-order valence-corrected chi connectivity index (χ1v) is 12.3. The van der Waals surface area contributed by atoms with Gasteiger partial charge in [-0.3, -0.25) is 9.52 Å². The number of ether oxygens (including phenoxy) is 1. The van der Waals surface area contributed by atoms with Gasteiger partial charge in [0.2, 0.25) is 0 Å². The number of esters is 1. The Morgan fingerprint density at radius 1 is 1.00 bits per heavy atom. The SMILES string of the molecule is Cc1ccc(C)c(S(=O)(=O)Nc2ccccc2C(=O)OCC(=O)N(CCC#N)c2ccccc2)c1. The molecule has 3 aromatic carbocycles. The van der Waals surface area contributed by atoms with Gasteiger partial charge in [-0.25, -0.2) is 13.2 Å². The molecule has 0 aliphatic carbocycles. The van der Waals surface area contributed by atoms with Gasteiger partial charge in [0.1, 0.15) is 0 Å². The highest BCUT2D eigenvalue weighted by molar-refractivity contribution is 7.92. The van der Waals surface area contributed by atoms with Crippen molar-refractivity contribution in [2.24, 2.45) is 0 Å². The van der Waals surface area contributed by atoms with Crippen molar-refractivity contribution in [3.8, 4) is 6.07 Å². The van der Waals surface area contributed by atoms with Crippen molar-refractivity contribution in [1.82, 2.24) is 0 Å². The molecule has 1 N–H and O–H groups in total. The first-order chi connectivity index (χ1) is 16.7. The van der Waals surface area contributed by atoms with Crippen molar-refractivity contribution in [2.75, 3.05) is 22.8 Å². The van der Waals surface area contributed by atoms with E-state index in [0.29, 0.717) is 11.3 Å². The Kier molecular flexibility index (Phi) is 8.23. The van der Waals surface area contributed by atoms with Crippen molar-refractivity contribution < 1.29 is 22.7 Å². The van der Waals surface area contributed by atoms with Gasteiger partial charge < -0.3 is 9.64 Å². The molecule has 0 bridgehead atoms. The summed E-state index contributed by atoms with van der Waals surface area (Å²) in [6, 6.07) is 21.8. The minimum absolute atomic E-state index is 0.0301. The Morgan fingerprint density at radius 3 is 2.40 bits per heavy atom. The molecule has 0 spiro atoms. The summed E-state index contributed by atoms with van der Waals surface area (Å²) in [7, 11) is -3.98. The maximum Gasteiger partial charge on any atom is 0.340 e. The van der Waals surface area contributed by atoms with Crippen LogP contribution in [0.2, 0.25) is 0 Å². The summed E-state index contributed by atoms with van der Waals surface area (Å²) in [5.41, 5.74) is 1.92. The molecule has 0 aromatic heterocycles. The lowest BCUT2D eigenvalue weighted by Crippen LogP contribution is -2.35. The number of para-hydroxylation sites is 2. The fourth-order valence-corrected chi connectivity index (χ4v) is 4.81. The van der Waals surface area contributed by atoms with Crippen LogP contribution in [0.4, 0.5) is 11.4 Å². The van der Waals surface area contributed by atoms with Crippen LogP contribution in [0.3, 0.4) is 0 Å². The predicted molar refractivity (Wildman–Crippen MR) is 132 cm³/mol. The summed E-state index contributed by atoms with van der Waals surface area (Å²) >= 11 is 0. The van der Waals surface area contributed by atoms with Crippen LogP contribution in [0.25, 0.3) is 0 Å². The summed E-state index contributed by atoms with van der Waals surface area (Å²) in [6.45, 7) is 3.04. The van der Waals surface area contributed by atoms with E-state index in [0.717, 1.165) is 5.56 Å². The Labute approximate surface area is 204 Å². The van der Waals surface area contributed by atoms with E-state index in [-0.39, 0.29) is 29.1 Å². The van der Waals surface area contributed by atoms with Crippen LogP contribution in [0.5, 0.6) is 0 Å². The minimum atomic E-state index is -3.98. The molecule has 0 saturated carbocycles. The summed E-state index contributed by atoms with van der Waals surface area (Å²) in [4.78, 5) is 27.1. The zero-order valence-corrected chi connectivity index (χ0v) is 20.2. The van der Waals surface area contributed by atoms with Gasteiger partial charge in [0.05, 0.1) is 28.6 Å². The van der Waals surface area contributed by atoms with Gasteiger partial charge in [0.25, 0.3) is 15.9 Å². The summed E-state index contributed by atoms with van der Waals surface area (Å²) in [6.07, 6.45) is 0.109. The van der Waals surface area contributed by atoms with Crippen molar-refractivity contribution >= 4 is 33.3 Å². The van der Waals surface area contributed by atoms with E-state index in [4.69, 9.17) is 10.00 Å². The fourth-order valence-electron chi connectivity index (χ4n) is 3.40. The number of hydrogen-bond acceptors (Lipinski definition) is 6. The highest BCUT2D eigenvalue weighted by Gasteiger charge is 2.23. The summed E-state index contributed by atoms with van der Waals surface area (Å²) in [5, 5.41) is 8.92. The van der Waals surface area contributed by atoms with Crippen molar-refractivity contribution in [1.29, 1.82) is 5.26 Å². The lowest BCUT2D eigenvalue weighted by Gasteiger charge is -2.21. The van der Waals surface area contributed by atoms with E-state index in [9.17, 15) is 18.0 Å². The molecule has 0 radical (unpaired) electrons. The number of benzene rings is 3. The van der Waals surface area contributed by atoms with E-state index >= 15 is 0 Å². The van der Waals surface area contributed by atoms with Gasteiger partial charge in [-0.1, -0.05) is 42.5 Å². The summed E-state index contributed by atoms with van der Waals surface area (Å²) in [5.74, 6) is -1.36. The standard InChI is InChI=1S/C26H25N3O5S/c1-19-13-14-20(2)24(17-19)35(32,33)28-23-12-7-6-11-22(23)26(31)34-18-25(30)29(16-8-15-27)21-9-4-3-5-10-21/h3-7,9-14,17,28H,8,16,18H2,1-2H3. The van der Waals surface area contributed by atoms with E-state index in [1.807, 2.05) is 12.1 Å². The number of sulfonamides is 1. The quantitative estimate of drug-likeness (QED) is 0.448. The molecule has 35 heavy (non-hydrogen) atoms. The number of rotatable bonds is 9. The van der Waals surface area contributed by atoms with Crippen LogP contribution in [-0.2, 0) is 19.6 Å². The molecule has 8 nitrogen and oxygen atoms in total. The maximum absolute atomic E-state index is 13.0. The van der Waals surface area contributed by atoms with Crippen LogP contribution >= 0.6 is 0 Å². The molecule has 0 heterocycles. The first kappa shape index (κ1) is 25.5. The molecule has 0 aliphatic rings. The van der Waals surface area contributed by atoms with Gasteiger partial charge in [-0.05, 0) is 55.3 Å². The molecule has 3 aromatic rings. The predicted octanol–water partition coefficient (Wildman–Crippen LogP) is 4.21. The minimum Gasteiger partial charge on any atom is -0.452 e. The molecule has 1 amide bonds. The number of nitrogens with one attached hydrogen (secondary N) is 1. The average molecular weight is 492 g/mol. The van der Waals surface area contributed by atoms with E-state index in [1.54, 1.807) is 68.4 Å². The van der Waals surface area contributed by atoms with E-state index < -0.39 is 28.5 Å². The van der Waals surface area contributed by atoms with Crippen molar-refractivity contribution in [3.05, 3.63) is 89.5 Å². The van der Waals surface area contributed by atoms with Crippen molar-refractivity contribution in [3.63, 3.8) is 0 Å². The van der Waals surface area contributed by atoms with E-state index in [2.05, 4.69) is 4.72 Å². The van der Waals surface area contributed by atoms with Gasteiger partial charge in [-0.15, -0.1) is 0 Å². The average Bonchev–Trinajstić information content (AvgIpc) is 2.85. The van der Waals surface area contributed by atoms with Crippen LogP contribution in [-0.4, -0.2) is 33.4 Å². The van der Waals surface area contributed by atoms with Gasteiger partial charge in [0.15, 0.2) is 6.61 Å². The van der Waals surface area contributed by atoms with Crippen LogP contribution in [0.1, 0.15) is 27.9 Å². The molecule has 3 rings (SSSR count). The third kappa shape index (κ3) is 6.46. The maximum atomic E-state index is 13.0. The third-order valence-corrected chi connectivity index (χ3v) is 6.67. The Balaban J connectivity index is 1.77. The Bertz CT molecular complexity index is 1370. The molecule has 0 unspecified atom stereocenters. The van der Waals surface area contributed by atoms with Gasteiger partial charge in [0, 0.05) is 12.2 Å². The molecule has 180 valence electrons. The molecular formula is C26H25N3O5S. The number of nitriles is 1. The molecule has 0 aliphatic heterocycles. The van der Waals surface area contributed by atoms with E-state index in [1.165, 1.54) is 17.0 Å². The number of carbonyl (C=O) groups is 2. The normalized spacial score (nSPS) is 10.8. The molecule has 0 atom stereocenters. The number of hydrogen-bond donors (Lipinski definition) is 1. The highest BCUT2D eigenvalue weighted by Crippen LogP contribution is 2.24. The molecular weight excluding hydrogens is 466 g/mol. The molecule has 0 fully saturated rings. The Morgan fingerprint density at radius 2 is 1.69 bits per heavy atom. The number of aryl methyl sites for hydroxylation is 2. The molecule has 0 saturated heterocycles. The fraction of sp³-hybridized carbons (Fsp3) is 0.192. The monoisotopic (exact) mass is 491 g/mol. The van der Waals surface area contributed by atoms with Gasteiger partial charge in [-0.2, -0.15) is 5.26 Å². The van der Waals surface area contributed by atoms with Crippen molar-refractivity contribution in [2.45, 2.75) is 25.2 Å². The molecule has 9 heteroatoms. The summed E-state index contributed by atoms with van der Waals surface area (Å²) < 4.78 is 33.7. The number of nitrogens with zero attached hydrogens (tertiary/aromatic N) is 2. The second kappa shape index (κ2) is 11.3. The zero-order chi connectivity index (χ0) is 25.4. The number of amides is 1. The number of carbonyl (C=O) groups excluding carboxylic acids is 2. The second-order valence-corrected chi connectivity index (χ2v) is 9.44. The first-order valence-electron chi connectivity index (χ1n) is 10.8.